The number of piperazine rings is 1. The average molecular weight is 302 g/mol. The van der Waals surface area contributed by atoms with Gasteiger partial charge in [-0.15, -0.1) is 10.2 Å². The molecule has 1 N–H and O–H groups in total. The van der Waals surface area contributed by atoms with Crippen LogP contribution in [0.4, 0.5) is 0 Å². The zero-order chi connectivity index (χ0) is 15.5. The first kappa shape index (κ1) is 14.9. The summed E-state index contributed by atoms with van der Waals surface area (Å²) in [5.74, 6) is 0.804. The van der Waals surface area contributed by atoms with Gasteiger partial charge >= 0.3 is 0 Å². The van der Waals surface area contributed by atoms with E-state index in [1.807, 2.05) is 28.8 Å². The molecule has 3 heterocycles. The Hall–Kier alpha value is -1.99. The molecule has 0 saturated carbocycles. The average Bonchev–Trinajstić information content (AvgIpc) is 2.92. The molecule has 1 unspecified atom stereocenters. The SMILES string of the molecule is CN1CCN(C)C(CC(=O)NCc2nnc3ccccn23)C1. The first-order valence-corrected chi connectivity index (χ1v) is 7.57. The normalized spacial score (nSPS) is 20.4. The number of aromatic nitrogens is 3. The Morgan fingerprint density at radius 2 is 2.18 bits per heavy atom. The van der Waals surface area contributed by atoms with Crippen LogP contribution in [0.3, 0.4) is 0 Å². The molecule has 0 aliphatic carbocycles. The van der Waals surface area contributed by atoms with E-state index in [0.717, 1.165) is 31.1 Å². The molecule has 0 bridgehead atoms. The smallest absolute Gasteiger partial charge is 0.221 e. The Kier molecular flexibility index (Phi) is 4.35. The molecule has 7 heteroatoms. The van der Waals surface area contributed by atoms with Crippen molar-refractivity contribution in [2.75, 3.05) is 33.7 Å². The van der Waals surface area contributed by atoms with Gasteiger partial charge in [-0.3, -0.25) is 9.20 Å². The van der Waals surface area contributed by atoms with E-state index >= 15 is 0 Å². The summed E-state index contributed by atoms with van der Waals surface area (Å²) in [5, 5.41) is 11.2. The predicted molar refractivity (Wildman–Crippen MR) is 83.4 cm³/mol. The number of amides is 1. The van der Waals surface area contributed by atoms with Crippen molar-refractivity contribution in [2.45, 2.75) is 19.0 Å². The van der Waals surface area contributed by atoms with Crippen molar-refractivity contribution in [3.8, 4) is 0 Å². The minimum absolute atomic E-state index is 0.0554. The summed E-state index contributed by atoms with van der Waals surface area (Å²) in [6.07, 6.45) is 2.41. The number of fused-ring (bicyclic) bond motifs is 1. The third-order valence-electron chi connectivity index (χ3n) is 4.23. The molecule has 1 aliphatic heterocycles. The fourth-order valence-electron chi connectivity index (χ4n) is 2.80. The van der Waals surface area contributed by atoms with Crippen LogP contribution in [-0.2, 0) is 11.3 Å². The van der Waals surface area contributed by atoms with E-state index < -0.39 is 0 Å². The lowest BCUT2D eigenvalue weighted by atomic mass is 10.1. The molecule has 1 atom stereocenters. The molecular formula is C15H22N6O. The van der Waals surface area contributed by atoms with Gasteiger partial charge in [-0.1, -0.05) is 6.07 Å². The lowest BCUT2D eigenvalue weighted by Gasteiger charge is -2.37. The number of carbonyl (C=O) groups excluding carboxylic acids is 1. The van der Waals surface area contributed by atoms with Crippen LogP contribution in [0.1, 0.15) is 12.2 Å². The van der Waals surface area contributed by atoms with Crippen LogP contribution >= 0.6 is 0 Å². The molecule has 0 radical (unpaired) electrons. The molecule has 1 aliphatic rings. The largest absolute Gasteiger partial charge is 0.349 e. The zero-order valence-electron chi connectivity index (χ0n) is 13.1. The first-order valence-electron chi connectivity index (χ1n) is 7.57. The monoisotopic (exact) mass is 302 g/mol. The number of hydrogen-bond acceptors (Lipinski definition) is 5. The van der Waals surface area contributed by atoms with Crippen LogP contribution in [0.25, 0.3) is 5.65 Å². The van der Waals surface area contributed by atoms with Gasteiger partial charge in [0.2, 0.25) is 5.91 Å². The van der Waals surface area contributed by atoms with Crippen molar-refractivity contribution in [1.82, 2.24) is 29.7 Å². The Labute approximate surface area is 129 Å². The highest BCUT2D eigenvalue weighted by atomic mass is 16.1. The molecule has 1 fully saturated rings. The van der Waals surface area contributed by atoms with Gasteiger partial charge in [-0.05, 0) is 26.2 Å². The van der Waals surface area contributed by atoms with Crippen molar-refractivity contribution in [2.24, 2.45) is 0 Å². The van der Waals surface area contributed by atoms with E-state index in [0.29, 0.717) is 13.0 Å². The van der Waals surface area contributed by atoms with Crippen molar-refractivity contribution in [3.05, 3.63) is 30.2 Å². The number of nitrogens with zero attached hydrogens (tertiary/aromatic N) is 5. The summed E-state index contributed by atoms with van der Waals surface area (Å²) in [5.41, 5.74) is 0.792. The third kappa shape index (κ3) is 3.26. The highest BCUT2D eigenvalue weighted by molar-refractivity contribution is 5.76. The Morgan fingerprint density at radius 3 is 3.05 bits per heavy atom. The van der Waals surface area contributed by atoms with Gasteiger partial charge in [-0.2, -0.15) is 0 Å². The first-order chi connectivity index (χ1) is 10.6. The number of rotatable bonds is 4. The minimum atomic E-state index is 0.0554. The second-order valence-electron chi connectivity index (χ2n) is 5.92. The molecule has 7 nitrogen and oxygen atoms in total. The minimum Gasteiger partial charge on any atom is -0.349 e. The molecule has 0 spiro atoms. The fourth-order valence-corrected chi connectivity index (χ4v) is 2.80. The van der Waals surface area contributed by atoms with Gasteiger partial charge in [0, 0.05) is 38.3 Å². The standard InChI is InChI=1S/C15H22N6O/c1-19-7-8-20(2)12(11-19)9-15(22)16-10-14-18-17-13-5-3-4-6-21(13)14/h3-6,12H,7-11H2,1-2H3,(H,16,22). The summed E-state index contributed by atoms with van der Waals surface area (Å²) >= 11 is 0. The van der Waals surface area contributed by atoms with Crippen LogP contribution in [0.15, 0.2) is 24.4 Å². The maximum absolute atomic E-state index is 12.2. The number of hydrogen-bond donors (Lipinski definition) is 1. The molecule has 22 heavy (non-hydrogen) atoms. The molecule has 1 amide bonds. The van der Waals surface area contributed by atoms with E-state index in [-0.39, 0.29) is 11.9 Å². The summed E-state index contributed by atoms with van der Waals surface area (Å²) in [7, 11) is 4.18. The van der Waals surface area contributed by atoms with E-state index in [1.54, 1.807) is 0 Å². The molecule has 2 aromatic heterocycles. The summed E-state index contributed by atoms with van der Waals surface area (Å²) in [6, 6.07) is 6.01. The number of carbonyl (C=O) groups is 1. The van der Waals surface area contributed by atoms with Crippen LogP contribution in [0.2, 0.25) is 0 Å². The molecule has 2 aromatic rings. The molecule has 0 aromatic carbocycles. The summed E-state index contributed by atoms with van der Waals surface area (Å²) < 4.78 is 1.89. The second kappa shape index (κ2) is 6.41. The summed E-state index contributed by atoms with van der Waals surface area (Å²) in [4.78, 5) is 16.7. The topological polar surface area (TPSA) is 65.8 Å². The Morgan fingerprint density at radius 1 is 1.32 bits per heavy atom. The molecule has 3 rings (SSSR count). The van der Waals surface area contributed by atoms with Crippen molar-refractivity contribution < 1.29 is 4.79 Å². The maximum atomic E-state index is 12.2. The van der Waals surface area contributed by atoms with Gasteiger partial charge in [-0.25, -0.2) is 0 Å². The Bertz CT molecular complexity index is 654. The van der Waals surface area contributed by atoms with E-state index in [9.17, 15) is 4.79 Å². The Balaban J connectivity index is 1.56. The molecule has 118 valence electrons. The quantitative estimate of drug-likeness (QED) is 0.860. The van der Waals surface area contributed by atoms with Crippen LogP contribution in [0.5, 0.6) is 0 Å². The number of pyridine rings is 1. The van der Waals surface area contributed by atoms with Gasteiger partial charge in [0.1, 0.15) is 0 Å². The van der Waals surface area contributed by atoms with Gasteiger partial charge in [0.05, 0.1) is 6.54 Å². The van der Waals surface area contributed by atoms with Crippen molar-refractivity contribution >= 4 is 11.6 Å². The maximum Gasteiger partial charge on any atom is 0.221 e. The van der Waals surface area contributed by atoms with E-state index in [1.165, 1.54) is 0 Å². The third-order valence-corrected chi connectivity index (χ3v) is 4.23. The highest BCUT2D eigenvalue weighted by Gasteiger charge is 2.24. The fraction of sp³-hybridized carbons (Fsp3) is 0.533. The second-order valence-corrected chi connectivity index (χ2v) is 5.92. The lowest BCUT2D eigenvalue weighted by Crippen LogP contribution is -2.51. The van der Waals surface area contributed by atoms with Gasteiger partial charge < -0.3 is 15.1 Å². The van der Waals surface area contributed by atoms with E-state index in [2.05, 4.69) is 39.4 Å². The van der Waals surface area contributed by atoms with Crippen molar-refractivity contribution in [1.29, 1.82) is 0 Å². The van der Waals surface area contributed by atoms with Crippen LogP contribution in [-0.4, -0.2) is 70.1 Å². The van der Waals surface area contributed by atoms with Crippen LogP contribution < -0.4 is 5.32 Å². The van der Waals surface area contributed by atoms with Crippen molar-refractivity contribution in [3.63, 3.8) is 0 Å². The number of likely N-dealkylation sites (N-methyl/N-ethyl adjacent to an activating group) is 2. The van der Waals surface area contributed by atoms with Gasteiger partial charge in [0.25, 0.3) is 0 Å². The summed E-state index contributed by atoms with van der Waals surface area (Å²) in [6.45, 7) is 3.39. The highest BCUT2D eigenvalue weighted by Crippen LogP contribution is 2.09. The van der Waals surface area contributed by atoms with Gasteiger partial charge in [0.15, 0.2) is 11.5 Å². The predicted octanol–water partition coefficient (Wildman–Crippen LogP) is -0.0186. The zero-order valence-corrected chi connectivity index (χ0v) is 13.1. The van der Waals surface area contributed by atoms with Crippen LogP contribution in [0, 0.1) is 0 Å². The molecular weight excluding hydrogens is 280 g/mol. The number of nitrogens with one attached hydrogen (secondary N) is 1. The van der Waals surface area contributed by atoms with E-state index in [4.69, 9.17) is 0 Å². The lowest BCUT2D eigenvalue weighted by molar-refractivity contribution is -0.122. The molecule has 1 saturated heterocycles.